The zero-order valence-corrected chi connectivity index (χ0v) is 29.2. The molecule has 0 bridgehead atoms. The third-order valence-electron chi connectivity index (χ3n) is 7.71. The average Bonchev–Trinajstić information content (AvgIpc) is 3.54. The maximum absolute atomic E-state index is 12.6. The lowest BCUT2D eigenvalue weighted by atomic mass is 9.81. The standard InChI is InChI=1S/C21H22O4.C13H16O4.C8H6/c1-3-24-19(22)21(20(23)25-4-2)13-17-11-10-16(12-18(17)14-21)15-8-6-5-7-9-15;1-5-9-13(10-6-2,11(14)16-7-3)12(15)17-8-4;1-2-8-6-4-3-5-7-8/h5-12H,3-4,13-14H2,1-2H3;1-2H,7-10H2,3-4H3;1,3-7H. The van der Waals surface area contributed by atoms with Crippen molar-refractivity contribution in [2.45, 2.75) is 53.4 Å². The van der Waals surface area contributed by atoms with E-state index < -0.39 is 34.7 Å². The van der Waals surface area contributed by atoms with Gasteiger partial charge in [-0.15, -0.1) is 31.1 Å². The summed E-state index contributed by atoms with van der Waals surface area (Å²) < 4.78 is 20.1. The maximum Gasteiger partial charge on any atom is 0.325 e. The Morgan fingerprint density at radius 2 is 1.08 bits per heavy atom. The molecule has 8 nitrogen and oxygen atoms in total. The minimum absolute atomic E-state index is 0.130. The van der Waals surface area contributed by atoms with E-state index in [1.807, 2.05) is 72.8 Å². The highest BCUT2D eigenvalue weighted by atomic mass is 16.6. The summed E-state index contributed by atoms with van der Waals surface area (Å²) in [5.74, 6) is 4.63. The molecule has 0 N–H and O–H groups in total. The number of esters is 4. The van der Waals surface area contributed by atoms with Crippen molar-refractivity contribution < 1.29 is 38.1 Å². The van der Waals surface area contributed by atoms with Crippen LogP contribution in [-0.2, 0) is 51.0 Å². The molecule has 0 aromatic heterocycles. The highest BCUT2D eigenvalue weighted by Crippen LogP contribution is 2.41. The van der Waals surface area contributed by atoms with Crippen LogP contribution in [0.4, 0.5) is 0 Å². The molecule has 1 aliphatic rings. The maximum atomic E-state index is 12.6. The number of hydrogen-bond acceptors (Lipinski definition) is 8. The lowest BCUT2D eigenvalue weighted by Gasteiger charge is -2.25. The van der Waals surface area contributed by atoms with E-state index in [1.54, 1.807) is 27.7 Å². The Morgan fingerprint density at radius 1 is 0.620 bits per heavy atom. The van der Waals surface area contributed by atoms with Crippen LogP contribution in [0.25, 0.3) is 11.1 Å². The second-order valence-corrected chi connectivity index (χ2v) is 11.0. The number of hydrogen-bond donors (Lipinski definition) is 0. The fraction of sp³-hybridized carbons (Fsp3) is 0.333. The molecule has 260 valence electrons. The summed E-state index contributed by atoms with van der Waals surface area (Å²) >= 11 is 0. The van der Waals surface area contributed by atoms with Gasteiger partial charge in [0.05, 0.1) is 26.4 Å². The molecule has 0 heterocycles. The molecular formula is C42H44O8. The van der Waals surface area contributed by atoms with E-state index in [2.05, 4.69) is 23.8 Å². The van der Waals surface area contributed by atoms with Crippen molar-refractivity contribution in [3.05, 3.63) is 95.6 Å². The number of terminal acetylenes is 3. The summed E-state index contributed by atoms with van der Waals surface area (Å²) in [4.78, 5) is 48.9. The number of benzene rings is 3. The Morgan fingerprint density at radius 3 is 1.50 bits per heavy atom. The second-order valence-electron chi connectivity index (χ2n) is 11.0. The van der Waals surface area contributed by atoms with Crippen molar-refractivity contribution >= 4 is 23.9 Å². The normalized spacial score (nSPS) is 11.9. The molecule has 3 aromatic carbocycles. The third kappa shape index (κ3) is 10.4. The van der Waals surface area contributed by atoms with Crippen LogP contribution in [0.15, 0.2) is 78.9 Å². The highest BCUT2D eigenvalue weighted by Gasteiger charge is 2.53. The van der Waals surface area contributed by atoms with Crippen LogP contribution in [0.3, 0.4) is 0 Å². The summed E-state index contributed by atoms with van der Waals surface area (Å²) in [6.07, 6.45) is 15.8. The van der Waals surface area contributed by atoms with Crippen molar-refractivity contribution in [2.75, 3.05) is 26.4 Å². The Balaban J connectivity index is 0.000000298. The molecule has 0 saturated heterocycles. The molecule has 3 aromatic rings. The van der Waals surface area contributed by atoms with Gasteiger partial charge in [-0.25, -0.2) is 0 Å². The van der Waals surface area contributed by atoms with Crippen LogP contribution < -0.4 is 0 Å². The monoisotopic (exact) mass is 676 g/mol. The predicted octanol–water partition coefficient (Wildman–Crippen LogP) is 6.38. The first-order chi connectivity index (χ1) is 24.1. The summed E-state index contributed by atoms with van der Waals surface area (Å²) in [6, 6.07) is 25.7. The minimum atomic E-state index is -1.57. The number of fused-ring (bicyclic) bond motifs is 1. The lowest BCUT2D eigenvalue weighted by Crippen LogP contribution is -2.43. The van der Waals surface area contributed by atoms with E-state index in [0.29, 0.717) is 12.8 Å². The number of carbonyl (C=O) groups is 4. The molecule has 0 atom stereocenters. The average molecular weight is 677 g/mol. The number of ether oxygens (including phenoxy) is 4. The Labute approximate surface area is 295 Å². The first-order valence-electron chi connectivity index (χ1n) is 16.4. The van der Waals surface area contributed by atoms with Gasteiger partial charge < -0.3 is 18.9 Å². The molecule has 1 aliphatic carbocycles. The number of rotatable bonds is 11. The van der Waals surface area contributed by atoms with Gasteiger partial charge in [0.15, 0.2) is 10.8 Å². The third-order valence-corrected chi connectivity index (χ3v) is 7.71. The van der Waals surface area contributed by atoms with Crippen molar-refractivity contribution in [2.24, 2.45) is 10.8 Å². The van der Waals surface area contributed by atoms with E-state index in [-0.39, 0.29) is 39.3 Å². The van der Waals surface area contributed by atoms with Crippen LogP contribution in [0.2, 0.25) is 0 Å². The van der Waals surface area contributed by atoms with Crippen LogP contribution in [0.5, 0.6) is 0 Å². The second kappa shape index (κ2) is 20.6. The fourth-order valence-corrected chi connectivity index (χ4v) is 5.25. The molecule has 0 amide bonds. The largest absolute Gasteiger partial charge is 0.465 e. The van der Waals surface area contributed by atoms with Crippen LogP contribution >= 0.6 is 0 Å². The topological polar surface area (TPSA) is 105 Å². The smallest absolute Gasteiger partial charge is 0.325 e. The predicted molar refractivity (Wildman–Crippen MR) is 192 cm³/mol. The quantitative estimate of drug-likeness (QED) is 0.0998. The van der Waals surface area contributed by atoms with Gasteiger partial charge in [0.1, 0.15) is 0 Å². The van der Waals surface area contributed by atoms with Gasteiger partial charge in [0.2, 0.25) is 0 Å². The molecule has 8 heteroatoms. The van der Waals surface area contributed by atoms with Gasteiger partial charge in [-0.05, 0) is 74.9 Å². The van der Waals surface area contributed by atoms with Gasteiger partial charge in [0.25, 0.3) is 0 Å². The van der Waals surface area contributed by atoms with Gasteiger partial charge in [0, 0.05) is 18.4 Å². The molecule has 0 radical (unpaired) electrons. The summed E-state index contributed by atoms with van der Waals surface area (Å²) in [6.45, 7) is 7.54. The lowest BCUT2D eigenvalue weighted by molar-refractivity contribution is -0.173. The van der Waals surface area contributed by atoms with Gasteiger partial charge >= 0.3 is 23.9 Å². The van der Waals surface area contributed by atoms with Crippen molar-refractivity contribution in [1.29, 1.82) is 0 Å². The van der Waals surface area contributed by atoms with E-state index in [4.69, 9.17) is 38.2 Å². The minimum Gasteiger partial charge on any atom is -0.465 e. The van der Waals surface area contributed by atoms with Gasteiger partial charge in [-0.2, -0.15) is 0 Å². The van der Waals surface area contributed by atoms with E-state index in [0.717, 1.165) is 27.8 Å². The first kappa shape index (κ1) is 40.4. The van der Waals surface area contributed by atoms with E-state index in [1.165, 1.54) is 0 Å². The van der Waals surface area contributed by atoms with E-state index >= 15 is 0 Å². The first-order valence-corrected chi connectivity index (χ1v) is 16.4. The van der Waals surface area contributed by atoms with Crippen LogP contribution in [-0.4, -0.2) is 50.3 Å². The van der Waals surface area contributed by atoms with Crippen molar-refractivity contribution in [1.82, 2.24) is 0 Å². The van der Waals surface area contributed by atoms with Crippen LogP contribution in [0, 0.1) is 47.9 Å². The van der Waals surface area contributed by atoms with E-state index in [9.17, 15) is 19.2 Å². The molecule has 0 spiro atoms. The van der Waals surface area contributed by atoms with Crippen molar-refractivity contribution in [3.63, 3.8) is 0 Å². The summed E-state index contributed by atoms with van der Waals surface area (Å²) in [5.41, 5.74) is 2.29. The molecule has 50 heavy (non-hydrogen) atoms. The zero-order chi connectivity index (χ0) is 37.0. The van der Waals surface area contributed by atoms with Crippen molar-refractivity contribution in [3.8, 4) is 48.2 Å². The van der Waals surface area contributed by atoms with Gasteiger partial charge in [-0.1, -0.05) is 72.7 Å². The summed E-state index contributed by atoms with van der Waals surface area (Å²) in [7, 11) is 0. The molecule has 0 unspecified atom stereocenters. The van der Waals surface area contributed by atoms with Crippen LogP contribution in [0.1, 0.15) is 57.2 Å². The highest BCUT2D eigenvalue weighted by molar-refractivity contribution is 6.02. The molecule has 4 rings (SSSR count). The Kier molecular flexibility index (Phi) is 16.6. The number of carbonyl (C=O) groups excluding carboxylic acids is 4. The Bertz CT molecular complexity index is 1650. The molecule has 0 saturated carbocycles. The SMILES string of the molecule is C#CCC(CC#C)(C(=O)OCC)C(=O)OCC.C#Cc1ccccc1.CCOC(=O)C1(C(=O)OCC)Cc2ccc(-c3ccccc3)cc2C1. The molecule has 0 fully saturated rings. The fourth-order valence-electron chi connectivity index (χ4n) is 5.25. The van der Waals surface area contributed by atoms with Gasteiger partial charge in [-0.3, -0.25) is 19.2 Å². The summed E-state index contributed by atoms with van der Waals surface area (Å²) in [5, 5.41) is 0. The molecule has 0 aliphatic heterocycles. The molecular weight excluding hydrogens is 632 g/mol. The Hall–Kier alpha value is -5.78. The zero-order valence-electron chi connectivity index (χ0n) is 29.2.